The minimum atomic E-state index is -1.25. The molecule has 2 N–H and O–H groups in total. The van der Waals surface area contributed by atoms with Crippen molar-refractivity contribution in [2.75, 3.05) is 0 Å². The van der Waals surface area contributed by atoms with Gasteiger partial charge in [0.25, 0.3) is 11.6 Å². The average Bonchev–Trinajstić information content (AvgIpc) is 2.42. The van der Waals surface area contributed by atoms with Gasteiger partial charge in [-0.1, -0.05) is 20.3 Å². The summed E-state index contributed by atoms with van der Waals surface area (Å²) in [5.74, 6) is -3.44. The number of rotatable bonds is 6. The first kappa shape index (κ1) is 16.5. The monoisotopic (exact) mass is 298 g/mol. The summed E-state index contributed by atoms with van der Waals surface area (Å²) in [4.78, 5) is 33.1. The van der Waals surface area contributed by atoms with Crippen LogP contribution in [0, 0.1) is 21.8 Å². The van der Waals surface area contributed by atoms with Gasteiger partial charge in [-0.05, 0) is 18.1 Å². The minimum absolute atomic E-state index is 0.376. The number of carbonyl (C=O) groups excluding carboxylic acids is 1. The van der Waals surface area contributed by atoms with Crippen molar-refractivity contribution in [3.8, 4) is 0 Å². The van der Waals surface area contributed by atoms with Crippen LogP contribution in [0.5, 0.6) is 0 Å². The third kappa shape index (κ3) is 3.98. The van der Waals surface area contributed by atoms with E-state index in [-0.39, 0.29) is 5.92 Å². The predicted molar refractivity (Wildman–Crippen MR) is 71.4 cm³/mol. The minimum Gasteiger partial charge on any atom is -0.480 e. The molecule has 0 radical (unpaired) electrons. The number of nitrogens with zero attached hydrogens (tertiary/aromatic N) is 1. The largest absolute Gasteiger partial charge is 0.480 e. The molecule has 0 aromatic heterocycles. The highest BCUT2D eigenvalue weighted by atomic mass is 19.1. The lowest BCUT2D eigenvalue weighted by Crippen LogP contribution is -2.45. The van der Waals surface area contributed by atoms with E-state index in [4.69, 9.17) is 5.11 Å². The summed E-state index contributed by atoms with van der Waals surface area (Å²) in [6.45, 7) is 3.37. The van der Waals surface area contributed by atoms with Crippen LogP contribution in [-0.2, 0) is 4.79 Å². The lowest BCUT2D eigenvalue weighted by molar-refractivity contribution is -0.385. The Hall–Kier alpha value is -2.51. The summed E-state index contributed by atoms with van der Waals surface area (Å²) >= 11 is 0. The number of benzene rings is 1. The first-order chi connectivity index (χ1) is 9.77. The van der Waals surface area contributed by atoms with E-state index in [9.17, 15) is 24.1 Å². The molecular formula is C13H15FN2O5. The summed E-state index contributed by atoms with van der Waals surface area (Å²) < 4.78 is 13.2. The standard InChI is InChI=1S/C13H15FN2O5/c1-3-7(2)11(13(18)19)15-12(17)9-6-8(14)4-5-10(9)16(20)21/h4-7,11H,3H2,1-2H3,(H,15,17)(H,18,19)/t7-,11-/m0/s1. The van der Waals surface area contributed by atoms with Crippen LogP contribution in [0.1, 0.15) is 30.6 Å². The van der Waals surface area contributed by atoms with E-state index in [1.54, 1.807) is 13.8 Å². The van der Waals surface area contributed by atoms with Gasteiger partial charge in [0.2, 0.25) is 0 Å². The Morgan fingerprint density at radius 3 is 2.57 bits per heavy atom. The van der Waals surface area contributed by atoms with Gasteiger partial charge < -0.3 is 10.4 Å². The van der Waals surface area contributed by atoms with E-state index in [2.05, 4.69) is 5.32 Å². The maximum atomic E-state index is 13.2. The fourth-order valence-corrected chi connectivity index (χ4v) is 1.75. The van der Waals surface area contributed by atoms with Crippen molar-refractivity contribution in [1.82, 2.24) is 5.32 Å². The molecule has 114 valence electrons. The number of carboxylic acids is 1. The average molecular weight is 298 g/mol. The number of nitro groups is 1. The molecule has 21 heavy (non-hydrogen) atoms. The zero-order valence-corrected chi connectivity index (χ0v) is 11.5. The van der Waals surface area contributed by atoms with Gasteiger partial charge >= 0.3 is 5.97 Å². The quantitative estimate of drug-likeness (QED) is 0.616. The Morgan fingerprint density at radius 1 is 1.48 bits per heavy atom. The smallest absolute Gasteiger partial charge is 0.326 e. The fourth-order valence-electron chi connectivity index (χ4n) is 1.75. The Morgan fingerprint density at radius 2 is 2.10 bits per heavy atom. The lowest BCUT2D eigenvalue weighted by atomic mass is 9.98. The molecule has 0 saturated heterocycles. The van der Waals surface area contributed by atoms with Crippen LogP contribution in [0.2, 0.25) is 0 Å². The molecule has 1 aromatic rings. The molecule has 0 aliphatic heterocycles. The Balaban J connectivity index is 3.11. The van der Waals surface area contributed by atoms with Crippen molar-refractivity contribution < 1.29 is 24.0 Å². The van der Waals surface area contributed by atoms with Gasteiger partial charge in [0.05, 0.1) is 4.92 Å². The molecule has 1 rings (SSSR count). The Kier molecular flexibility index (Phi) is 5.34. The molecule has 8 heteroatoms. The van der Waals surface area contributed by atoms with E-state index in [1.807, 2.05) is 0 Å². The van der Waals surface area contributed by atoms with Crippen molar-refractivity contribution in [1.29, 1.82) is 0 Å². The van der Waals surface area contributed by atoms with Gasteiger partial charge in [0.15, 0.2) is 0 Å². The van der Waals surface area contributed by atoms with Crippen LogP contribution in [0.3, 0.4) is 0 Å². The molecule has 0 saturated carbocycles. The summed E-state index contributed by atoms with van der Waals surface area (Å²) in [6.07, 6.45) is 0.489. The van der Waals surface area contributed by atoms with E-state index in [0.717, 1.165) is 12.1 Å². The van der Waals surface area contributed by atoms with Gasteiger partial charge in [0.1, 0.15) is 17.4 Å². The van der Waals surface area contributed by atoms with E-state index >= 15 is 0 Å². The second-order valence-electron chi connectivity index (χ2n) is 4.59. The molecule has 0 spiro atoms. The third-order valence-electron chi connectivity index (χ3n) is 3.17. The van der Waals surface area contributed by atoms with Crippen molar-refractivity contribution in [3.05, 3.63) is 39.7 Å². The second-order valence-corrected chi connectivity index (χ2v) is 4.59. The van der Waals surface area contributed by atoms with Crippen LogP contribution in [0.4, 0.5) is 10.1 Å². The molecule has 0 bridgehead atoms. The molecule has 1 amide bonds. The van der Waals surface area contributed by atoms with Gasteiger partial charge in [-0.3, -0.25) is 14.9 Å². The van der Waals surface area contributed by atoms with Gasteiger partial charge in [-0.25, -0.2) is 9.18 Å². The zero-order valence-electron chi connectivity index (χ0n) is 11.5. The third-order valence-corrected chi connectivity index (χ3v) is 3.17. The molecule has 2 atom stereocenters. The lowest BCUT2D eigenvalue weighted by Gasteiger charge is -2.20. The van der Waals surface area contributed by atoms with E-state index in [1.165, 1.54) is 0 Å². The van der Waals surface area contributed by atoms with Crippen LogP contribution in [0.25, 0.3) is 0 Å². The highest BCUT2D eigenvalue weighted by Crippen LogP contribution is 2.20. The molecule has 0 fully saturated rings. The summed E-state index contributed by atoms with van der Waals surface area (Å²) in [5, 5.41) is 22.1. The van der Waals surface area contributed by atoms with Crippen molar-refractivity contribution in [2.24, 2.45) is 5.92 Å². The number of halogens is 1. The van der Waals surface area contributed by atoms with Crippen LogP contribution in [-0.4, -0.2) is 27.9 Å². The number of nitrogens with one attached hydrogen (secondary N) is 1. The van der Waals surface area contributed by atoms with Crippen molar-refractivity contribution >= 4 is 17.6 Å². The van der Waals surface area contributed by atoms with Gasteiger partial charge in [-0.15, -0.1) is 0 Å². The molecule has 0 unspecified atom stereocenters. The summed E-state index contributed by atoms with van der Waals surface area (Å²) in [6, 6.07) is 1.23. The molecular weight excluding hydrogens is 283 g/mol. The Bertz CT molecular complexity index is 576. The highest BCUT2D eigenvalue weighted by molar-refractivity contribution is 6.00. The van der Waals surface area contributed by atoms with Crippen LogP contribution < -0.4 is 5.32 Å². The Labute approximate surface area is 119 Å². The maximum absolute atomic E-state index is 13.2. The predicted octanol–water partition coefficient (Wildman–Crippen LogP) is 1.96. The molecule has 0 aliphatic carbocycles. The van der Waals surface area contributed by atoms with Gasteiger partial charge in [0, 0.05) is 6.07 Å². The summed E-state index contributed by atoms with van der Waals surface area (Å²) in [7, 11) is 0. The highest BCUT2D eigenvalue weighted by Gasteiger charge is 2.29. The van der Waals surface area contributed by atoms with Crippen molar-refractivity contribution in [3.63, 3.8) is 0 Å². The van der Waals surface area contributed by atoms with Crippen LogP contribution in [0.15, 0.2) is 18.2 Å². The molecule has 7 nitrogen and oxygen atoms in total. The maximum Gasteiger partial charge on any atom is 0.326 e. The van der Waals surface area contributed by atoms with E-state index < -0.39 is 39.9 Å². The van der Waals surface area contributed by atoms with Gasteiger partial charge in [-0.2, -0.15) is 0 Å². The van der Waals surface area contributed by atoms with Crippen molar-refractivity contribution in [2.45, 2.75) is 26.3 Å². The molecule has 1 aromatic carbocycles. The number of amides is 1. The SMILES string of the molecule is CC[C@H](C)[C@H](NC(=O)c1cc(F)ccc1[N+](=O)[O-])C(=O)O. The first-order valence-electron chi connectivity index (χ1n) is 6.25. The molecule has 0 aliphatic rings. The first-order valence-corrected chi connectivity index (χ1v) is 6.25. The number of aliphatic carboxylic acids is 1. The number of nitro benzene ring substituents is 1. The number of hydrogen-bond donors (Lipinski definition) is 2. The number of carbonyl (C=O) groups is 2. The van der Waals surface area contributed by atoms with E-state index in [0.29, 0.717) is 12.5 Å². The molecule has 0 heterocycles. The fraction of sp³-hybridized carbons (Fsp3) is 0.385. The topological polar surface area (TPSA) is 110 Å². The number of carboxylic acid groups (broad SMARTS) is 1. The zero-order chi connectivity index (χ0) is 16.2. The number of hydrogen-bond acceptors (Lipinski definition) is 4. The second kappa shape index (κ2) is 6.78. The summed E-state index contributed by atoms with van der Waals surface area (Å²) in [5.41, 5.74) is -1.09. The normalized spacial score (nSPS) is 13.3. The van der Waals surface area contributed by atoms with Crippen LogP contribution >= 0.6 is 0 Å².